The molecule has 1 aliphatic rings. The van der Waals surface area contributed by atoms with Crippen LogP contribution in [0, 0.1) is 11.8 Å². The lowest BCUT2D eigenvalue weighted by molar-refractivity contribution is 0.368. The molecule has 90 valence electrons. The highest BCUT2D eigenvalue weighted by Crippen LogP contribution is 2.31. The third-order valence-corrected chi connectivity index (χ3v) is 3.74. The predicted octanol–water partition coefficient (Wildman–Crippen LogP) is 3.98. The molecule has 3 atom stereocenters. The quantitative estimate of drug-likeness (QED) is 0.671. The molecule has 0 aliphatic heterocycles. The molecule has 0 bridgehead atoms. The van der Waals surface area contributed by atoms with Gasteiger partial charge in [0.1, 0.15) is 0 Å². The fraction of sp³-hybridized carbons (Fsp3) is 1.00. The summed E-state index contributed by atoms with van der Waals surface area (Å²) in [5.41, 5.74) is 0. The van der Waals surface area contributed by atoms with Gasteiger partial charge in [-0.2, -0.15) is 0 Å². The maximum absolute atomic E-state index is 3.67. The molecule has 1 saturated carbocycles. The van der Waals surface area contributed by atoms with Crippen LogP contribution in [0.4, 0.5) is 0 Å². The van der Waals surface area contributed by atoms with Gasteiger partial charge in [0.15, 0.2) is 0 Å². The Labute approximate surface area is 96.0 Å². The van der Waals surface area contributed by atoms with Gasteiger partial charge in [0.25, 0.3) is 0 Å². The van der Waals surface area contributed by atoms with E-state index in [-0.39, 0.29) is 0 Å². The molecule has 1 rings (SSSR count). The first-order chi connectivity index (χ1) is 7.26. The Bertz CT molecular complexity index is 155. The van der Waals surface area contributed by atoms with Gasteiger partial charge < -0.3 is 5.32 Å². The molecule has 1 fully saturated rings. The molecule has 1 heteroatoms. The Morgan fingerprint density at radius 1 is 1.20 bits per heavy atom. The van der Waals surface area contributed by atoms with Crippen molar-refractivity contribution in [1.29, 1.82) is 0 Å². The summed E-state index contributed by atoms with van der Waals surface area (Å²) >= 11 is 0. The number of nitrogens with one attached hydrogen (secondary N) is 1. The molecular weight excluding hydrogens is 182 g/mol. The number of hydrogen-bond acceptors (Lipinski definition) is 1. The minimum absolute atomic E-state index is 0.837. The monoisotopic (exact) mass is 211 g/mol. The zero-order chi connectivity index (χ0) is 11.1. The first kappa shape index (κ1) is 13.0. The Morgan fingerprint density at radius 2 is 2.00 bits per heavy atom. The van der Waals surface area contributed by atoms with Crippen molar-refractivity contribution in [1.82, 2.24) is 5.32 Å². The van der Waals surface area contributed by atoms with E-state index in [1.165, 1.54) is 51.5 Å². The number of hydrogen-bond donors (Lipinski definition) is 1. The summed E-state index contributed by atoms with van der Waals surface area (Å²) in [5, 5.41) is 3.67. The van der Waals surface area contributed by atoms with Crippen molar-refractivity contribution >= 4 is 0 Å². The zero-order valence-corrected chi connectivity index (χ0v) is 10.9. The Hall–Kier alpha value is -0.0400. The van der Waals surface area contributed by atoms with Crippen molar-refractivity contribution in [3.05, 3.63) is 0 Å². The van der Waals surface area contributed by atoms with Gasteiger partial charge in [-0.1, -0.05) is 33.6 Å². The summed E-state index contributed by atoms with van der Waals surface area (Å²) < 4.78 is 0. The molecule has 0 aromatic carbocycles. The lowest BCUT2D eigenvalue weighted by Gasteiger charge is -2.16. The fourth-order valence-corrected chi connectivity index (χ4v) is 3.00. The lowest BCUT2D eigenvalue weighted by Crippen LogP contribution is -2.27. The summed E-state index contributed by atoms with van der Waals surface area (Å²) in [7, 11) is 0. The van der Waals surface area contributed by atoms with Crippen LogP contribution in [0.2, 0.25) is 0 Å². The molecule has 0 aromatic rings. The van der Waals surface area contributed by atoms with Crippen LogP contribution >= 0.6 is 0 Å². The maximum Gasteiger partial charge on any atom is 0.00698 e. The Kier molecular flexibility index (Phi) is 6.31. The second-order valence-corrected chi connectivity index (χ2v) is 5.46. The van der Waals surface area contributed by atoms with Gasteiger partial charge in [-0.3, -0.25) is 0 Å². The van der Waals surface area contributed by atoms with Crippen molar-refractivity contribution in [3.63, 3.8) is 0 Å². The first-order valence-corrected chi connectivity index (χ1v) is 6.99. The minimum Gasteiger partial charge on any atom is -0.314 e. The van der Waals surface area contributed by atoms with Crippen molar-refractivity contribution < 1.29 is 0 Å². The van der Waals surface area contributed by atoms with E-state index in [1.54, 1.807) is 0 Å². The van der Waals surface area contributed by atoms with Crippen molar-refractivity contribution in [2.45, 2.75) is 71.8 Å². The average molecular weight is 211 g/mol. The van der Waals surface area contributed by atoms with Gasteiger partial charge >= 0.3 is 0 Å². The molecule has 3 unspecified atom stereocenters. The van der Waals surface area contributed by atoms with Crippen LogP contribution in [0.15, 0.2) is 0 Å². The van der Waals surface area contributed by atoms with E-state index in [4.69, 9.17) is 0 Å². The average Bonchev–Trinajstić information content (AvgIpc) is 2.63. The van der Waals surface area contributed by atoms with Crippen LogP contribution in [0.1, 0.15) is 65.7 Å². The van der Waals surface area contributed by atoms with Crippen LogP contribution in [0.3, 0.4) is 0 Å². The van der Waals surface area contributed by atoms with E-state index >= 15 is 0 Å². The van der Waals surface area contributed by atoms with E-state index in [0.29, 0.717) is 0 Å². The van der Waals surface area contributed by atoms with Crippen LogP contribution in [-0.4, -0.2) is 12.6 Å². The van der Waals surface area contributed by atoms with E-state index in [9.17, 15) is 0 Å². The Balaban J connectivity index is 2.12. The third-order valence-electron chi connectivity index (χ3n) is 3.74. The molecule has 1 nitrogen and oxygen atoms in total. The van der Waals surface area contributed by atoms with Crippen LogP contribution < -0.4 is 5.32 Å². The van der Waals surface area contributed by atoms with Gasteiger partial charge in [0.2, 0.25) is 0 Å². The molecule has 1 aliphatic carbocycles. The second-order valence-electron chi connectivity index (χ2n) is 5.46. The molecule has 0 aromatic heterocycles. The molecule has 0 spiro atoms. The van der Waals surface area contributed by atoms with E-state index in [0.717, 1.165) is 17.9 Å². The highest BCUT2D eigenvalue weighted by molar-refractivity contribution is 4.81. The van der Waals surface area contributed by atoms with Crippen LogP contribution in [-0.2, 0) is 0 Å². The molecule has 0 radical (unpaired) electrons. The fourth-order valence-electron chi connectivity index (χ4n) is 3.00. The summed E-state index contributed by atoms with van der Waals surface area (Å²) in [6.45, 7) is 8.19. The Morgan fingerprint density at radius 3 is 2.67 bits per heavy atom. The van der Waals surface area contributed by atoms with Crippen molar-refractivity contribution in [2.75, 3.05) is 6.54 Å². The van der Waals surface area contributed by atoms with Gasteiger partial charge in [-0.25, -0.2) is 0 Å². The molecular formula is C14H29N. The van der Waals surface area contributed by atoms with Gasteiger partial charge in [0.05, 0.1) is 0 Å². The predicted molar refractivity (Wildman–Crippen MR) is 68.1 cm³/mol. The largest absolute Gasteiger partial charge is 0.314 e. The summed E-state index contributed by atoms with van der Waals surface area (Å²) in [6.07, 6.45) is 9.84. The molecule has 0 heterocycles. The van der Waals surface area contributed by atoms with Gasteiger partial charge in [-0.05, 0) is 50.5 Å². The smallest absolute Gasteiger partial charge is 0.00698 e. The summed E-state index contributed by atoms with van der Waals surface area (Å²) in [6, 6.07) is 0.837. The molecule has 15 heavy (non-hydrogen) atoms. The molecule has 1 N–H and O–H groups in total. The van der Waals surface area contributed by atoms with Gasteiger partial charge in [-0.15, -0.1) is 0 Å². The molecule has 0 saturated heterocycles. The molecule has 0 amide bonds. The van der Waals surface area contributed by atoms with Crippen LogP contribution in [0.5, 0.6) is 0 Å². The van der Waals surface area contributed by atoms with Crippen molar-refractivity contribution in [2.24, 2.45) is 11.8 Å². The second kappa shape index (κ2) is 7.27. The number of rotatable bonds is 7. The minimum atomic E-state index is 0.837. The first-order valence-electron chi connectivity index (χ1n) is 6.99. The maximum atomic E-state index is 3.67. The van der Waals surface area contributed by atoms with E-state index in [1.807, 2.05) is 0 Å². The third kappa shape index (κ3) is 5.01. The highest BCUT2D eigenvalue weighted by Gasteiger charge is 2.24. The van der Waals surface area contributed by atoms with Crippen molar-refractivity contribution in [3.8, 4) is 0 Å². The summed E-state index contributed by atoms with van der Waals surface area (Å²) in [4.78, 5) is 0. The van der Waals surface area contributed by atoms with Crippen LogP contribution in [0.25, 0.3) is 0 Å². The van der Waals surface area contributed by atoms with E-state index in [2.05, 4.69) is 26.1 Å². The van der Waals surface area contributed by atoms with Gasteiger partial charge in [0, 0.05) is 6.04 Å². The topological polar surface area (TPSA) is 12.0 Å². The zero-order valence-electron chi connectivity index (χ0n) is 10.9. The van der Waals surface area contributed by atoms with E-state index < -0.39 is 0 Å². The lowest BCUT2D eigenvalue weighted by atomic mass is 9.91. The standard InChI is InChI=1S/C14H29N/c1-4-6-12(3)10-13-7-8-14(11-13)15-9-5-2/h12-15H,4-11H2,1-3H3. The normalized spacial score (nSPS) is 28.2. The summed E-state index contributed by atoms with van der Waals surface area (Å²) in [5.74, 6) is 1.96. The SMILES string of the molecule is CCCNC1CCC(CC(C)CCC)C1. The highest BCUT2D eigenvalue weighted by atomic mass is 14.9.